The molecule has 1 aliphatic rings. The minimum atomic E-state index is -4.49. The van der Waals surface area contributed by atoms with E-state index in [2.05, 4.69) is 15.6 Å². The maximum atomic E-state index is 12.7. The lowest BCUT2D eigenvalue weighted by atomic mass is 10.1. The molecule has 0 bridgehead atoms. The van der Waals surface area contributed by atoms with Crippen LogP contribution in [0.1, 0.15) is 5.69 Å². The first-order valence-corrected chi connectivity index (χ1v) is 8.30. The highest BCUT2D eigenvalue weighted by Gasteiger charge is 2.34. The fraction of sp³-hybridized carbons (Fsp3) is 0.250. The smallest absolute Gasteiger partial charge is 0.352 e. The first-order valence-electron chi connectivity index (χ1n) is 7.54. The Morgan fingerprint density at radius 1 is 1.19 bits per heavy atom. The van der Waals surface area contributed by atoms with Crippen molar-refractivity contribution in [2.24, 2.45) is 0 Å². The Bertz CT molecular complexity index is 825. The Morgan fingerprint density at radius 2 is 1.92 bits per heavy atom. The monoisotopic (exact) mass is 404 g/mol. The van der Waals surface area contributed by atoms with Gasteiger partial charge >= 0.3 is 12.2 Å². The van der Waals surface area contributed by atoms with Crippen LogP contribution >= 0.6 is 23.2 Å². The molecular weight excluding hydrogens is 392 g/mol. The van der Waals surface area contributed by atoms with Crippen LogP contribution in [0, 0.1) is 0 Å². The third-order valence-corrected chi connectivity index (χ3v) is 4.31. The van der Waals surface area contributed by atoms with Crippen molar-refractivity contribution >= 4 is 40.7 Å². The van der Waals surface area contributed by atoms with E-state index >= 15 is 0 Å². The lowest BCUT2D eigenvalue weighted by molar-refractivity contribution is -0.141. The average molecular weight is 405 g/mol. The van der Waals surface area contributed by atoms with Crippen molar-refractivity contribution in [2.75, 3.05) is 23.3 Å². The van der Waals surface area contributed by atoms with E-state index in [0.717, 1.165) is 6.07 Å². The molecule has 2 N–H and O–H groups in total. The molecule has 10 heteroatoms. The van der Waals surface area contributed by atoms with E-state index in [1.807, 2.05) is 0 Å². The van der Waals surface area contributed by atoms with Crippen LogP contribution in [-0.2, 0) is 6.18 Å². The van der Waals surface area contributed by atoms with Gasteiger partial charge in [-0.15, -0.1) is 0 Å². The van der Waals surface area contributed by atoms with Gasteiger partial charge in [0.25, 0.3) is 0 Å². The summed E-state index contributed by atoms with van der Waals surface area (Å²) in [6, 6.07) is 7.70. The van der Waals surface area contributed by atoms with Crippen molar-refractivity contribution in [1.29, 1.82) is 0 Å². The zero-order valence-electron chi connectivity index (χ0n) is 13.1. The number of halogens is 5. The van der Waals surface area contributed by atoms with Crippen LogP contribution in [0.15, 0.2) is 36.4 Å². The van der Waals surface area contributed by atoms with Gasteiger partial charge in [-0.2, -0.15) is 13.2 Å². The molecule has 26 heavy (non-hydrogen) atoms. The first-order chi connectivity index (χ1) is 12.2. The van der Waals surface area contributed by atoms with Crippen LogP contribution in [0.3, 0.4) is 0 Å². The Balaban J connectivity index is 1.54. The van der Waals surface area contributed by atoms with Crippen molar-refractivity contribution in [3.63, 3.8) is 0 Å². The van der Waals surface area contributed by atoms with Crippen molar-refractivity contribution in [3.05, 3.63) is 52.1 Å². The molecule has 0 atom stereocenters. The molecule has 0 saturated carbocycles. The van der Waals surface area contributed by atoms with Gasteiger partial charge in [-0.05, 0) is 30.3 Å². The van der Waals surface area contributed by atoms with E-state index in [4.69, 9.17) is 23.2 Å². The van der Waals surface area contributed by atoms with Crippen molar-refractivity contribution in [3.8, 4) is 0 Å². The van der Waals surface area contributed by atoms with Crippen LogP contribution in [0.25, 0.3) is 0 Å². The van der Waals surface area contributed by atoms with Crippen LogP contribution in [-0.4, -0.2) is 30.1 Å². The first kappa shape index (κ1) is 18.6. The van der Waals surface area contributed by atoms with Gasteiger partial charge in [0.1, 0.15) is 11.5 Å². The van der Waals surface area contributed by atoms with E-state index in [0.29, 0.717) is 28.8 Å². The Kier molecular flexibility index (Phi) is 5.15. The number of aromatic nitrogens is 1. The molecule has 2 aromatic rings. The molecule has 1 aromatic carbocycles. The molecule has 0 radical (unpaired) electrons. The third kappa shape index (κ3) is 4.31. The topological polar surface area (TPSA) is 57.3 Å². The second kappa shape index (κ2) is 7.20. The summed E-state index contributed by atoms with van der Waals surface area (Å²) < 4.78 is 38.1. The highest BCUT2D eigenvalue weighted by atomic mass is 35.5. The number of carbonyl (C=O) groups is 1. The second-order valence-electron chi connectivity index (χ2n) is 5.70. The molecule has 1 saturated heterocycles. The Hall–Kier alpha value is -2.19. The normalized spacial score (nSPS) is 14.7. The van der Waals surface area contributed by atoms with Gasteiger partial charge in [0.05, 0.1) is 16.8 Å². The summed E-state index contributed by atoms with van der Waals surface area (Å²) >= 11 is 11.8. The quantitative estimate of drug-likeness (QED) is 0.795. The largest absolute Gasteiger partial charge is 0.433 e. The number of anilines is 2. The number of rotatable bonds is 3. The van der Waals surface area contributed by atoms with Crippen molar-refractivity contribution in [1.82, 2.24) is 10.3 Å². The van der Waals surface area contributed by atoms with Crippen LogP contribution in [0.5, 0.6) is 0 Å². The molecule has 5 nitrogen and oxygen atoms in total. The number of nitrogens with zero attached hydrogens (tertiary/aromatic N) is 2. The average Bonchev–Trinajstić information content (AvgIpc) is 2.53. The molecule has 0 unspecified atom stereocenters. The third-order valence-electron chi connectivity index (χ3n) is 3.74. The number of amides is 2. The van der Waals surface area contributed by atoms with Crippen molar-refractivity contribution < 1.29 is 18.0 Å². The van der Waals surface area contributed by atoms with Crippen LogP contribution in [0.2, 0.25) is 10.0 Å². The van der Waals surface area contributed by atoms with E-state index in [-0.39, 0.29) is 11.9 Å². The lowest BCUT2D eigenvalue weighted by Gasteiger charge is -2.40. The predicted octanol–water partition coefficient (Wildman–Crippen LogP) is 4.42. The van der Waals surface area contributed by atoms with Crippen LogP contribution < -0.4 is 15.5 Å². The maximum absolute atomic E-state index is 12.7. The number of hydrogen-bond acceptors (Lipinski definition) is 3. The zero-order valence-corrected chi connectivity index (χ0v) is 14.7. The van der Waals surface area contributed by atoms with Gasteiger partial charge in [0, 0.05) is 18.1 Å². The Labute approximate surface area is 157 Å². The Morgan fingerprint density at radius 3 is 2.62 bits per heavy atom. The maximum Gasteiger partial charge on any atom is 0.433 e. The number of carbonyl (C=O) groups excluding carboxylic acids is 1. The van der Waals surface area contributed by atoms with Gasteiger partial charge in [-0.25, -0.2) is 9.78 Å². The fourth-order valence-electron chi connectivity index (χ4n) is 2.45. The molecule has 2 heterocycles. The molecule has 138 valence electrons. The number of pyridine rings is 1. The molecule has 1 aromatic heterocycles. The summed E-state index contributed by atoms with van der Waals surface area (Å²) in [6.07, 6.45) is -4.49. The molecule has 2 amide bonds. The molecule has 1 aliphatic heterocycles. The fourth-order valence-corrected chi connectivity index (χ4v) is 2.79. The van der Waals surface area contributed by atoms with Crippen molar-refractivity contribution in [2.45, 2.75) is 12.2 Å². The summed E-state index contributed by atoms with van der Waals surface area (Å²) in [6.45, 7) is 0.704. The van der Waals surface area contributed by atoms with E-state index in [1.165, 1.54) is 18.2 Å². The summed E-state index contributed by atoms with van der Waals surface area (Å²) in [5.41, 5.74) is -0.577. The second-order valence-corrected chi connectivity index (χ2v) is 6.55. The molecule has 1 fully saturated rings. The number of nitrogens with one attached hydrogen (secondary N) is 2. The van der Waals surface area contributed by atoms with Gasteiger partial charge < -0.3 is 15.5 Å². The number of benzene rings is 1. The summed E-state index contributed by atoms with van der Waals surface area (Å²) in [5.74, 6) is 0.219. The standard InChI is InChI=1S/C16H13Cl2F3N4O/c17-9-4-5-11(18)12(6-9)23-15(26)22-10-7-25(8-10)14-3-1-2-13(24-14)16(19,20)21/h1-6,10H,7-8H2,(H2,22,23,26). The van der Waals surface area contributed by atoms with Crippen LogP contribution in [0.4, 0.5) is 29.5 Å². The van der Waals surface area contributed by atoms with Gasteiger partial charge in [0.2, 0.25) is 0 Å². The molecule has 3 rings (SSSR count). The predicted molar refractivity (Wildman–Crippen MR) is 93.9 cm³/mol. The number of urea groups is 1. The number of hydrogen-bond donors (Lipinski definition) is 2. The summed E-state index contributed by atoms with van der Waals surface area (Å²) in [5, 5.41) is 6.06. The minimum Gasteiger partial charge on any atom is -0.352 e. The zero-order chi connectivity index (χ0) is 18.9. The highest BCUT2D eigenvalue weighted by molar-refractivity contribution is 6.35. The van der Waals surface area contributed by atoms with Gasteiger partial charge in [-0.1, -0.05) is 29.3 Å². The lowest BCUT2D eigenvalue weighted by Crippen LogP contribution is -2.60. The van der Waals surface area contributed by atoms with Gasteiger partial charge in [-0.3, -0.25) is 0 Å². The number of alkyl halides is 3. The minimum absolute atomic E-state index is 0.218. The highest BCUT2D eigenvalue weighted by Crippen LogP contribution is 2.30. The molecule has 0 aliphatic carbocycles. The van der Waals surface area contributed by atoms with Gasteiger partial charge in [0.15, 0.2) is 0 Å². The molecule has 0 spiro atoms. The SMILES string of the molecule is O=C(Nc1cc(Cl)ccc1Cl)NC1CN(c2cccc(C(F)(F)F)n2)C1. The summed E-state index contributed by atoms with van der Waals surface area (Å²) in [7, 11) is 0. The van der Waals surface area contributed by atoms with E-state index in [9.17, 15) is 18.0 Å². The van der Waals surface area contributed by atoms with E-state index in [1.54, 1.807) is 17.0 Å². The molecular formula is C16H13Cl2F3N4O. The summed E-state index contributed by atoms with van der Waals surface area (Å²) in [4.78, 5) is 17.3. The van der Waals surface area contributed by atoms with E-state index < -0.39 is 17.9 Å².